The van der Waals surface area contributed by atoms with E-state index in [-0.39, 0.29) is 13.2 Å². The third-order valence-corrected chi connectivity index (χ3v) is 5.62. The molecule has 2 aliphatic heterocycles. The van der Waals surface area contributed by atoms with Crippen LogP contribution in [0.5, 0.6) is 0 Å². The predicted molar refractivity (Wildman–Crippen MR) is 86.6 cm³/mol. The van der Waals surface area contributed by atoms with Crippen LogP contribution >= 0.6 is 0 Å². The Morgan fingerprint density at radius 2 is 1.12 bits per heavy atom. The van der Waals surface area contributed by atoms with Gasteiger partial charge in [0.25, 0.3) is 0 Å². The van der Waals surface area contributed by atoms with Gasteiger partial charge in [-0.05, 0) is 50.4 Å². The topological polar surface area (TPSA) is 96.1 Å². The molecule has 2 aliphatic carbocycles. The lowest BCUT2D eigenvalue weighted by molar-refractivity contribution is 0.00789. The molecule has 0 bridgehead atoms. The summed E-state index contributed by atoms with van der Waals surface area (Å²) in [6, 6.07) is 0. The number of hydrogen-bond donors (Lipinski definition) is 0. The molecule has 6 unspecified atom stereocenters. The van der Waals surface area contributed by atoms with Crippen LogP contribution in [0.2, 0.25) is 0 Å². The lowest BCUT2D eigenvalue weighted by atomic mass is 9.90. The lowest BCUT2D eigenvalue weighted by Crippen LogP contribution is -2.23. The first kappa shape index (κ1) is 17.9. The van der Waals surface area contributed by atoms with Crippen LogP contribution in [0.3, 0.4) is 0 Å². The summed E-state index contributed by atoms with van der Waals surface area (Å²) in [7, 11) is 0. The first-order chi connectivity index (χ1) is 12.7. The molecule has 2 heterocycles. The molecule has 146 valence electrons. The first-order valence-electron chi connectivity index (χ1n) is 9.57. The molecule has 0 amide bonds. The highest BCUT2D eigenvalue weighted by molar-refractivity contribution is 5.60. The Labute approximate surface area is 152 Å². The van der Waals surface area contributed by atoms with Gasteiger partial charge in [0.2, 0.25) is 0 Å². The zero-order valence-electron chi connectivity index (χ0n) is 14.8. The fraction of sp³-hybridized carbons (Fsp3) is 0.889. The molecule has 26 heavy (non-hydrogen) atoms. The maximum Gasteiger partial charge on any atom is 0.508 e. The van der Waals surface area contributed by atoms with Gasteiger partial charge in [0.05, 0.1) is 37.6 Å². The Hall–Kier alpha value is -1.54. The summed E-state index contributed by atoms with van der Waals surface area (Å²) in [5.41, 5.74) is 0. The second-order valence-corrected chi connectivity index (χ2v) is 7.60. The average Bonchev–Trinajstić information content (AvgIpc) is 3.55. The van der Waals surface area contributed by atoms with Crippen molar-refractivity contribution in [3.63, 3.8) is 0 Å². The van der Waals surface area contributed by atoms with E-state index in [0.29, 0.717) is 49.5 Å². The van der Waals surface area contributed by atoms with Gasteiger partial charge in [0.1, 0.15) is 13.2 Å². The zero-order valence-corrected chi connectivity index (χ0v) is 14.8. The Balaban J connectivity index is 0.992. The molecule has 2 saturated heterocycles. The largest absolute Gasteiger partial charge is 0.508 e. The number of hydrogen-bond acceptors (Lipinski definition) is 8. The quantitative estimate of drug-likeness (QED) is 0.383. The number of fused-ring (bicyclic) bond motifs is 2. The van der Waals surface area contributed by atoms with Crippen LogP contribution in [0.15, 0.2) is 0 Å². The normalized spacial score (nSPS) is 36.9. The van der Waals surface area contributed by atoms with Gasteiger partial charge in [0, 0.05) is 0 Å². The Morgan fingerprint density at radius 1 is 0.654 bits per heavy atom. The van der Waals surface area contributed by atoms with Crippen LogP contribution in [-0.2, 0) is 28.4 Å². The van der Waals surface area contributed by atoms with Crippen LogP contribution < -0.4 is 0 Å². The third-order valence-electron chi connectivity index (χ3n) is 5.62. The minimum Gasteiger partial charge on any atom is -0.434 e. The fourth-order valence-corrected chi connectivity index (χ4v) is 3.98. The van der Waals surface area contributed by atoms with E-state index in [1.807, 2.05) is 0 Å². The maximum absolute atomic E-state index is 11.5. The van der Waals surface area contributed by atoms with Crippen molar-refractivity contribution < 1.29 is 38.0 Å². The number of epoxide rings is 2. The fourth-order valence-electron chi connectivity index (χ4n) is 3.98. The summed E-state index contributed by atoms with van der Waals surface area (Å²) >= 11 is 0. The molecule has 0 aromatic heterocycles. The highest BCUT2D eigenvalue weighted by Crippen LogP contribution is 2.40. The Morgan fingerprint density at radius 3 is 1.54 bits per heavy atom. The van der Waals surface area contributed by atoms with Crippen LogP contribution in [0, 0.1) is 11.8 Å². The van der Waals surface area contributed by atoms with Crippen molar-refractivity contribution in [3.8, 4) is 0 Å². The van der Waals surface area contributed by atoms with E-state index < -0.39 is 12.3 Å². The third kappa shape index (κ3) is 5.01. The van der Waals surface area contributed by atoms with Crippen molar-refractivity contribution in [2.24, 2.45) is 11.8 Å². The number of rotatable bonds is 7. The zero-order chi connectivity index (χ0) is 17.9. The van der Waals surface area contributed by atoms with Crippen molar-refractivity contribution in [1.82, 2.24) is 0 Å². The molecule has 4 fully saturated rings. The van der Waals surface area contributed by atoms with Gasteiger partial charge >= 0.3 is 12.3 Å². The number of carbonyl (C=O) groups excluding carboxylic acids is 2. The van der Waals surface area contributed by atoms with Gasteiger partial charge in [-0.3, -0.25) is 0 Å². The number of carbonyl (C=O) groups is 2. The molecular weight excluding hydrogens is 344 g/mol. The van der Waals surface area contributed by atoms with Crippen molar-refractivity contribution in [2.75, 3.05) is 26.4 Å². The molecule has 8 heteroatoms. The summed E-state index contributed by atoms with van der Waals surface area (Å²) in [5, 5.41) is 0. The summed E-state index contributed by atoms with van der Waals surface area (Å²) in [4.78, 5) is 23.1. The van der Waals surface area contributed by atoms with Crippen LogP contribution in [0.25, 0.3) is 0 Å². The Kier molecular flexibility index (Phi) is 5.49. The summed E-state index contributed by atoms with van der Waals surface area (Å²) < 4.78 is 30.9. The molecule has 0 spiro atoms. The minimum absolute atomic E-state index is 0.0482. The molecule has 6 atom stereocenters. The van der Waals surface area contributed by atoms with Gasteiger partial charge in [-0.2, -0.15) is 0 Å². The van der Waals surface area contributed by atoms with E-state index in [1.54, 1.807) is 0 Å². The van der Waals surface area contributed by atoms with Gasteiger partial charge < -0.3 is 28.4 Å². The molecule has 0 aromatic rings. The van der Waals surface area contributed by atoms with Crippen LogP contribution in [0.4, 0.5) is 9.59 Å². The van der Waals surface area contributed by atoms with Gasteiger partial charge in [0.15, 0.2) is 0 Å². The molecular formula is C18H26O8. The van der Waals surface area contributed by atoms with Crippen LogP contribution in [-0.4, -0.2) is 63.2 Å². The maximum atomic E-state index is 11.5. The highest BCUT2D eigenvalue weighted by atomic mass is 16.7. The molecule has 4 aliphatic rings. The smallest absolute Gasteiger partial charge is 0.434 e. The predicted octanol–water partition coefficient (Wildman–Crippen LogP) is 2.43. The van der Waals surface area contributed by atoms with E-state index in [4.69, 9.17) is 28.4 Å². The van der Waals surface area contributed by atoms with E-state index in [1.165, 1.54) is 0 Å². The SMILES string of the molecule is O=C(OCCOC(=O)OCC1CCC2OC2C1)OCC1CCC2OC2C1. The molecule has 0 radical (unpaired) electrons. The first-order valence-corrected chi connectivity index (χ1v) is 9.57. The van der Waals surface area contributed by atoms with Crippen molar-refractivity contribution >= 4 is 12.3 Å². The molecule has 8 nitrogen and oxygen atoms in total. The van der Waals surface area contributed by atoms with Crippen LogP contribution in [0.1, 0.15) is 38.5 Å². The second-order valence-electron chi connectivity index (χ2n) is 7.60. The molecule has 0 aromatic carbocycles. The Bertz CT molecular complexity index is 477. The van der Waals surface area contributed by atoms with Gasteiger partial charge in [-0.1, -0.05) is 0 Å². The van der Waals surface area contributed by atoms with E-state index >= 15 is 0 Å². The highest BCUT2D eigenvalue weighted by Gasteiger charge is 2.44. The molecule has 4 rings (SSSR count). The van der Waals surface area contributed by atoms with E-state index in [2.05, 4.69) is 0 Å². The molecule has 2 saturated carbocycles. The summed E-state index contributed by atoms with van der Waals surface area (Å²) in [6.07, 6.45) is 6.12. The van der Waals surface area contributed by atoms with Crippen molar-refractivity contribution in [3.05, 3.63) is 0 Å². The van der Waals surface area contributed by atoms with Gasteiger partial charge in [-0.25, -0.2) is 9.59 Å². The number of ether oxygens (including phenoxy) is 6. The van der Waals surface area contributed by atoms with E-state index in [0.717, 1.165) is 38.5 Å². The summed E-state index contributed by atoms with van der Waals surface area (Å²) in [6.45, 7) is 0.601. The summed E-state index contributed by atoms with van der Waals surface area (Å²) in [5.74, 6) is 0.683. The van der Waals surface area contributed by atoms with E-state index in [9.17, 15) is 9.59 Å². The van der Waals surface area contributed by atoms with Crippen molar-refractivity contribution in [2.45, 2.75) is 62.9 Å². The van der Waals surface area contributed by atoms with Gasteiger partial charge in [-0.15, -0.1) is 0 Å². The standard InChI is InChI=1S/C18H26O8/c19-17(23-9-11-1-3-13-15(7-11)25-13)21-5-6-22-18(20)24-10-12-2-4-14-16(8-12)26-14/h11-16H,1-10H2. The molecule has 0 N–H and O–H groups in total. The lowest BCUT2D eigenvalue weighted by Gasteiger charge is -2.18. The average molecular weight is 370 g/mol. The monoisotopic (exact) mass is 370 g/mol. The second kappa shape index (κ2) is 8.00. The van der Waals surface area contributed by atoms with Crippen molar-refractivity contribution in [1.29, 1.82) is 0 Å². The minimum atomic E-state index is -0.734.